The highest BCUT2D eigenvalue weighted by molar-refractivity contribution is 5.93. The number of amides is 1. The summed E-state index contributed by atoms with van der Waals surface area (Å²) in [5.41, 5.74) is 8.47. The first-order valence-corrected chi connectivity index (χ1v) is 9.96. The monoisotopic (exact) mass is 421 g/mol. The first-order valence-electron chi connectivity index (χ1n) is 9.96. The number of ether oxygens (including phenoxy) is 1. The van der Waals surface area contributed by atoms with E-state index in [-0.39, 0.29) is 18.4 Å². The average molecular weight is 422 g/mol. The van der Waals surface area contributed by atoms with Crippen LogP contribution in [0.1, 0.15) is 18.3 Å². The lowest BCUT2D eigenvalue weighted by Crippen LogP contribution is -2.33. The van der Waals surface area contributed by atoms with Gasteiger partial charge in [0.05, 0.1) is 25.9 Å². The molecule has 0 bridgehead atoms. The molecule has 9 nitrogen and oxygen atoms in total. The van der Waals surface area contributed by atoms with Crippen molar-refractivity contribution in [3.05, 3.63) is 59.9 Å². The second-order valence-corrected chi connectivity index (χ2v) is 6.93. The highest BCUT2D eigenvalue weighted by Gasteiger charge is 2.15. The molecule has 2 aromatic carbocycles. The SMILES string of the molecule is CCN(CC(=O)Nc1ccccc1OC)Cc1nc(N)nc(Nc2ccccc2C)n1. The highest BCUT2D eigenvalue weighted by Crippen LogP contribution is 2.23. The number of methoxy groups -OCH3 is 1. The number of nitrogens with two attached hydrogens (primary N) is 1. The molecule has 0 unspecified atom stereocenters. The van der Waals surface area contributed by atoms with E-state index in [0.717, 1.165) is 11.3 Å². The minimum absolute atomic E-state index is 0.121. The van der Waals surface area contributed by atoms with Gasteiger partial charge in [-0.2, -0.15) is 15.0 Å². The Balaban J connectivity index is 1.67. The Kier molecular flexibility index (Phi) is 7.34. The van der Waals surface area contributed by atoms with Crippen molar-refractivity contribution in [2.24, 2.45) is 0 Å². The topological polar surface area (TPSA) is 118 Å². The number of nitrogens with one attached hydrogen (secondary N) is 2. The minimum atomic E-state index is -0.161. The van der Waals surface area contributed by atoms with E-state index < -0.39 is 0 Å². The fraction of sp³-hybridized carbons (Fsp3) is 0.273. The normalized spacial score (nSPS) is 10.7. The quantitative estimate of drug-likeness (QED) is 0.483. The van der Waals surface area contributed by atoms with Crippen molar-refractivity contribution in [3.8, 4) is 5.75 Å². The summed E-state index contributed by atoms with van der Waals surface area (Å²) in [5.74, 6) is 1.42. The van der Waals surface area contributed by atoms with Crippen LogP contribution < -0.4 is 21.1 Å². The fourth-order valence-corrected chi connectivity index (χ4v) is 3.02. The molecule has 0 saturated heterocycles. The predicted octanol–water partition coefficient (Wildman–Crippen LogP) is 2.98. The van der Waals surface area contributed by atoms with Gasteiger partial charge in [0.2, 0.25) is 17.8 Å². The number of benzene rings is 2. The summed E-state index contributed by atoms with van der Waals surface area (Å²) in [4.78, 5) is 27.3. The second kappa shape index (κ2) is 10.4. The predicted molar refractivity (Wildman–Crippen MR) is 121 cm³/mol. The molecule has 4 N–H and O–H groups in total. The largest absolute Gasteiger partial charge is 0.495 e. The molecular weight excluding hydrogens is 394 g/mol. The number of rotatable bonds is 9. The van der Waals surface area contributed by atoms with E-state index in [1.165, 1.54) is 0 Å². The Hall–Kier alpha value is -3.72. The third-order valence-corrected chi connectivity index (χ3v) is 4.65. The van der Waals surface area contributed by atoms with Crippen LogP contribution in [0, 0.1) is 6.92 Å². The molecule has 3 rings (SSSR count). The summed E-state index contributed by atoms with van der Waals surface area (Å²) in [7, 11) is 1.57. The standard InChI is InChI=1S/C22H27N7O2/c1-4-29(14-20(30)24-17-11-7-8-12-18(17)31-3)13-19-26-21(23)28-22(27-19)25-16-10-6-5-9-15(16)2/h5-12H,4,13-14H2,1-3H3,(H,24,30)(H3,23,25,26,27,28). The Morgan fingerprint density at radius 2 is 1.77 bits per heavy atom. The van der Waals surface area contributed by atoms with Crippen LogP contribution in [-0.4, -0.2) is 46.0 Å². The van der Waals surface area contributed by atoms with Crippen LogP contribution in [0.3, 0.4) is 0 Å². The van der Waals surface area contributed by atoms with Crippen LogP contribution >= 0.6 is 0 Å². The lowest BCUT2D eigenvalue weighted by atomic mass is 10.2. The molecule has 0 spiro atoms. The van der Waals surface area contributed by atoms with Gasteiger partial charge in [-0.25, -0.2) is 0 Å². The number of carbonyl (C=O) groups excluding carboxylic acids is 1. The van der Waals surface area contributed by atoms with Gasteiger partial charge in [-0.05, 0) is 37.2 Å². The first kappa shape index (κ1) is 22.0. The van der Waals surface area contributed by atoms with Crippen LogP contribution in [0.5, 0.6) is 5.75 Å². The van der Waals surface area contributed by atoms with Gasteiger partial charge >= 0.3 is 0 Å². The van der Waals surface area contributed by atoms with E-state index >= 15 is 0 Å². The summed E-state index contributed by atoms with van der Waals surface area (Å²) >= 11 is 0. The maximum absolute atomic E-state index is 12.6. The summed E-state index contributed by atoms with van der Waals surface area (Å²) in [5, 5.41) is 6.05. The lowest BCUT2D eigenvalue weighted by Gasteiger charge is -2.20. The van der Waals surface area contributed by atoms with Gasteiger partial charge < -0.3 is 21.1 Å². The number of anilines is 4. The van der Waals surface area contributed by atoms with Crippen LogP contribution in [0.15, 0.2) is 48.5 Å². The van der Waals surface area contributed by atoms with Gasteiger partial charge in [0, 0.05) is 5.69 Å². The molecule has 0 aliphatic carbocycles. The van der Waals surface area contributed by atoms with Gasteiger partial charge in [-0.15, -0.1) is 0 Å². The second-order valence-electron chi connectivity index (χ2n) is 6.93. The number of likely N-dealkylation sites (N-methyl/N-ethyl adjacent to an activating group) is 1. The molecule has 3 aromatic rings. The van der Waals surface area contributed by atoms with Gasteiger partial charge in [-0.3, -0.25) is 9.69 Å². The number of nitrogen functional groups attached to an aromatic ring is 1. The van der Waals surface area contributed by atoms with E-state index in [1.807, 2.05) is 55.1 Å². The summed E-state index contributed by atoms with van der Waals surface area (Å²) < 4.78 is 5.28. The maximum atomic E-state index is 12.6. The van der Waals surface area contributed by atoms with E-state index in [4.69, 9.17) is 10.5 Å². The van der Waals surface area contributed by atoms with E-state index in [1.54, 1.807) is 19.2 Å². The molecule has 0 aliphatic rings. The van der Waals surface area contributed by atoms with E-state index in [2.05, 4.69) is 25.6 Å². The molecule has 1 amide bonds. The highest BCUT2D eigenvalue weighted by atomic mass is 16.5. The molecule has 0 aliphatic heterocycles. The summed E-state index contributed by atoms with van der Waals surface area (Å²) in [6.07, 6.45) is 0. The van der Waals surface area contributed by atoms with Crippen molar-refractivity contribution < 1.29 is 9.53 Å². The molecule has 31 heavy (non-hydrogen) atoms. The van der Waals surface area contributed by atoms with Crippen molar-refractivity contribution in [2.75, 3.05) is 36.6 Å². The average Bonchev–Trinajstić information content (AvgIpc) is 2.75. The van der Waals surface area contributed by atoms with Crippen molar-refractivity contribution in [3.63, 3.8) is 0 Å². The Bertz CT molecular complexity index is 1040. The minimum Gasteiger partial charge on any atom is -0.495 e. The van der Waals surface area contributed by atoms with Gasteiger partial charge in [0.15, 0.2) is 0 Å². The van der Waals surface area contributed by atoms with E-state index in [9.17, 15) is 4.79 Å². The lowest BCUT2D eigenvalue weighted by molar-refractivity contribution is -0.117. The molecule has 0 radical (unpaired) electrons. The summed E-state index contributed by atoms with van der Waals surface area (Å²) in [6, 6.07) is 15.1. The van der Waals surface area contributed by atoms with Gasteiger partial charge in [-0.1, -0.05) is 37.3 Å². The molecule has 0 atom stereocenters. The number of aromatic nitrogens is 3. The fourth-order valence-electron chi connectivity index (χ4n) is 3.02. The molecule has 1 heterocycles. The van der Waals surface area contributed by atoms with Crippen LogP contribution in [-0.2, 0) is 11.3 Å². The molecule has 1 aromatic heterocycles. The summed E-state index contributed by atoms with van der Waals surface area (Å²) in [6.45, 7) is 5.11. The maximum Gasteiger partial charge on any atom is 0.238 e. The number of nitrogens with zero attached hydrogens (tertiary/aromatic N) is 4. The number of para-hydroxylation sites is 3. The number of aryl methyl sites for hydroxylation is 1. The Morgan fingerprint density at radius 1 is 1.06 bits per heavy atom. The van der Waals surface area contributed by atoms with Crippen molar-refractivity contribution in [1.29, 1.82) is 0 Å². The van der Waals surface area contributed by atoms with Crippen molar-refractivity contribution in [1.82, 2.24) is 19.9 Å². The third kappa shape index (κ3) is 6.13. The molecular formula is C22H27N7O2. The van der Waals surface area contributed by atoms with Crippen LogP contribution in [0.4, 0.5) is 23.3 Å². The molecule has 9 heteroatoms. The number of hydrogen-bond donors (Lipinski definition) is 3. The van der Waals surface area contributed by atoms with Crippen molar-refractivity contribution in [2.45, 2.75) is 20.4 Å². The zero-order chi connectivity index (χ0) is 22.2. The molecule has 162 valence electrons. The Morgan fingerprint density at radius 3 is 2.48 bits per heavy atom. The third-order valence-electron chi connectivity index (χ3n) is 4.65. The van der Waals surface area contributed by atoms with Gasteiger partial charge in [0.25, 0.3) is 0 Å². The molecule has 0 fully saturated rings. The van der Waals surface area contributed by atoms with Crippen LogP contribution in [0.25, 0.3) is 0 Å². The Labute approximate surface area is 181 Å². The zero-order valence-electron chi connectivity index (χ0n) is 17.9. The first-order chi connectivity index (χ1) is 15.0. The number of carbonyl (C=O) groups is 1. The van der Waals surface area contributed by atoms with Crippen molar-refractivity contribution >= 4 is 29.2 Å². The zero-order valence-corrected chi connectivity index (χ0v) is 17.9. The number of hydrogen-bond acceptors (Lipinski definition) is 8. The smallest absolute Gasteiger partial charge is 0.238 e. The van der Waals surface area contributed by atoms with Crippen LogP contribution in [0.2, 0.25) is 0 Å². The van der Waals surface area contributed by atoms with E-state index in [0.29, 0.717) is 36.3 Å². The molecule has 0 saturated carbocycles. The van der Waals surface area contributed by atoms with Gasteiger partial charge in [0.1, 0.15) is 11.6 Å².